The number of ether oxygens (including phenoxy) is 1. The number of para-hydroxylation sites is 1. The van der Waals surface area contributed by atoms with Crippen molar-refractivity contribution in [1.29, 1.82) is 0 Å². The van der Waals surface area contributed by atoms with Crippen molar-refractivity contribution in [3.63, 3.8) is 0 Å². The lowest BCUT2D eigenvalue weighted by Gasteiger charge is -2.37. The lowest BCUT2D eigenvalue weighted by atomic mass is 10.00. The highest BCUT2D eigenvalue weighted by molar-refractivity contribution is 5.78. The van der Waals surface area contributed by atoms with Crippen molar-refractivity contribution in [2.75, 3.05) is 30.9 Å². The van der Waals surface area contributed by atoms with Gasteiger partial charge in [0.2, 0.25) is 0 Å². The van der Waals surface area contributed by atoms with Crippen molar-refractivity contribution < 1.29 is 4.74 Å². The first-order valence-electron chi connectivity index (χ1n) is 5.78. The Balaban J connectivity index is 2.37. The first-order chi connectivity index (χ1) is 7.63. The normalized spacial score (nSPS) is 19.3. The van der Waals surface area contributed by atoms with Gasteiger partial charge in [0, 0.05) is 19.6 Å². The van der Waals surface area contributed by atoms with Gasteiger partial charge in [-0.2, -0.15) is 0 Å². The van der Waals surface area contributed by atoms with Crippen LogP contribution in [-0.4, -0.2) is 26.7 Å². The molecular weight excluding hydrogens is 200 g/mol. The van der Waals surface area contributed by atoms with Crippen LogP contribution in [0.2, 0.25) is 0 Å². The highest BCUT2D eigenvalue weighted by atomic mass is 16.5. The third kappa shape index (κ3) is 1.82. The van der Waals surface area contributed by atoms with E-state index in [0.717, 1.165) is 12.3 Å². The van der Waals surface area contributed by atoms with Crippen LogP contribution in [0.15, 0.2) is 18.2 Å². The number of hydrogen-bond acceptors (Lipinski definition) is 3. The zero-order valence-electron chi connectivity index (χ0n) is 10.4. The van der Waals surface area contributed by atoms with Crippen LogP contribution in [0.5, 0.6) is 5.75 Å². The maximum atomic E-state index is 5.40. The quantitative estimate of drug-likeness (QED) is 0.829. The van der Waals surface area contributed by atoms with E-state index in [0.29, 0.717) is 12.0 Å². The average Bonchev–Trinajstić information content (AvgIpc) is 2.27. The van der Waals surface area contributed by atoms with Gasteiger partial charge in [0.1, 0.15) is 11.4 Å². The van der Waals surface area contributed by atoms with Crippen LogP contribution >= 0.6 is 0 Å². The Kier molecular flexibility index (Phi) is 2.95. The maximum absolute atomic E-state index is 5.40. The molecule has 2 rings (SSSR count). The zero-order chi connectivity index (χ0) is 11.7. The first kappa shape index (κ1) is 11.1. The number of anilines is 2. The van der Waals surface area contributed by atoms with E-state index in [1.165, 1.54) is 11.4 Å². The van der Waals surface area contributed by atoms with Gasteiger partial charge in [0.25, 0.3) is 0 Å². The molecule has 88 valence electrons. The molecule has 1 heterocycles. The van der Waals surface area contributed by atoms with Gasteiger partial charge in [0.15, 0.2) is 0 Å². The summed E-state index contributed by atoms with van der Waals surface area (Å²) in [5.74, 6) is 1.57. The fraction of sp³-hybridized carbons (Fsp3) is 0.538. The molecule has 16 heavy (non-hydrogen) atoms. The molecule has 1 atom stereocenters. The summed E-state index contributed by atoms with van der Waals surface area (Å²) in [6, 6.07) is 6.65. The molecule has 1 aliphatic heterocycles. The summed E-state index contributed by atoms with van der Waals surface area (Å²) in [5, 5.41) is 3.58. The summed E-state index contributed by atoms with van der Waals surface area (Å²) in [6.07, 6.45) is 0. The number of nitrogens with one attached hydrogen (secondary N) is 1. The minimum atomic E-state index is 0.504. The van der Waals surface area contributed by atoms with Crippen LogP contribution < -0.4 is 15.0 Å². The minimum Gasteiger partial charge on any atom is -0.495 e. The van der Waals surface area contributed by atoms with Gasteiger partial charge in [0.05, 0.1) is 12.8 Å². The Labute approximate surface area is 97.4 Å². The topological polar surface area (TPSA) is 24.5 Å². The van der Waals surface area contributed by atoms with Crippen molar-refractivity contribution in [2.24, 2.45) is 5.92 Å². The number of fused-ring (bicyclic) bond motifs is 1. The number of nitrogens with zero attached hydrogens (tertiary/aromatic N) is 1. The summed E-state index contributed by atoms with van der Waals surface area (Å²) in [6.45, 7) is 5.51. The number of likely N-dealkylation sites (N-methyl/N-ethyl adjacent to an activating group) is 1. The fourth-order valence-electron chi connectivity index (χ4n) is 2.21. The molecule has 1 aromatic carbocycles. The predicted octanol–water partition coefficient (Wildman–Crippen LogP) is 2.58. The van der Waals surface area contributed by atoms with E-state index in [-0.39, 0.29) is 0 Å². The van der Waals surface area contributed by atoms with Crippen LogP contribution in [0.1, 0.15) is 13.8 Å². The smallest absolute Gasteiger partial charge is 0.144 e. The minimum absolute atomic E-state index is 0.504. The van der Waals surface area contributed by atoms with E-state index in [4.69, 9.17) is 4.74 Å². The van der Waals surface area contributed by atoms with E-state index in [1.807, 2.05) is 12.1 Å². The van der Waals surface area contributed by atoms with Crippen molar-refractivity contribution in [1.82, 2.24) is 0 Å². The van der Waals surface area contributed by atoms with Gasteiger partial charge in [-0.25, -0.2) is 0 Å². The molecule has 0 spiro atoms. The standard InChI is InChI=1S/C13H20N2O/c1-9(2)11-8-15(3)13-10(14-11)6-5-7-12(13)16-4/h5-7,9,11,14H,8H2,1-4H3. The molecule has 1 aromatic rings. The van der Waals surface area contributed by atoms with E-state index < -0.39 is 0 Å². The van der Waals surface area contributed by atoms with Crippen LogP contribution in [-0.2, 0) is 0 Å². The maximum Gasteiger partial charge on any atom is 0.144 e. The van der Waals surface area contributed by atoms with Crippen LogP contribution in [0.3, 0.4) is 0 Å². The van der Waals surface area contributed by atoms with Crippen LogP contribution in [0, 0.1) is 5.92 Å². The lowest BCUT2D eigenvalue weighted by Crippen LogP contribution is -2.42. The predicted molar refractivity (Wildman–Crippen MR) is 68.5 cm³/mol. The molecular formula is C13H20N2O. The summed E-state index contributed by atoms with van der Waals surface area (Å²) in [5.41, 5.74) is 2.34. The second-order valence-electron chi connectivity index (χ2n) is 4.73. The second kappa shape index (κ2) is 4.24. The molecule has 0 amide bonds. The Bertz CT molecular complexity index is 376. The third-order valence-corrected chi connectivity index (χ3v) is 3.22. The summed E-state index contributed by atoms with van der Waals surface area (Å²) >= 11 is 0. The Morgan fingerprint density at radius 1 is 1.44 bits per heavy atom. The molecule has 0 bridgehead atoms. The molecule has 0 aliphatic carbocycles. The molecule has 0 saturated carbocycles. The third-order valence-electron chi connectivity index (χ3n) is 3.22. The monoisotopic (exact) mass is 220 g/mol. The fourth-order valence-corrected chi connectivity index (χ4v) is 2.21. The van der Waals surface area contributed by atoms with E-state index in [9.17, 15) is 0 Å². The highest BCUT2D eigenvalue weighted by Gasteiger charge is 2.25. The number of rotatable bonds is 2. The molecule has 3 nitrogen and oxygen atoms in total. The first-order valence-corrected chi connectivity index (χ1v) is 5.78. The SMILES string of the molecule is COc1cccc2c1N(C)CC(C(C)C)N2. The Hall–Kier alpha value is -1.38. The molecule has 1 aliphatic rings. The Morgan fingerprint density at radius 2 is 2.19 bits per heavy atom. The van der Waals surface area contributed by atoms with E-state index in [1.54, 1.807) is 7.11 Å². The van der Waals surface area contributed by atoms with Gasteiger partial charge < -0.3 is 15.0 Å². The number of methoxy groups -OCH3 is 1. The molecule has 1 N–H and O–H groups in total. The highest BCUT2D eigenvalue weighted by Crippen LogP contribution is 2.39. The number of hydrogen-bond donors (Lipinski definition) is 1. The molecule has 0 saturated heterocycles. The van der Waals surface area contributed by atoms with Crippen molar-refractivity contribution >= 4 is 11.4 Å². The van der Waals surface area contributed by atoms with Gasteiger partial charge in [-0.15, -0.1) is 0 Å². The van der Waals surface area contributed by atoms with Gasteiger partial charge in [-0.3, -0.25) is 0 Å². The molecule has 0 radical (unpaired) electrons. The van der Waals surface area contributed by atoms with E-state index in [2.05, 4.69) is 37.2 Å². The lowest BCUT2D eigenvalue weighted by molar-refractivity contribution is 0.412. The average molecular weight is 220 g/mol. The summed E-state index contributed by atoms with van der Waals surface area (Å²) in [4.78, 5) is 2.27. The summed E-state index contributed by atoms with van der Waals surface area (Å²) in [7, 11) is 3.84. The van der Waals surface area contributed by atoms with Gasteiger partial charge in [-0.1, -0.05) is 19.9 Å². The molecule has 3 heteroatoms. The second-order valence-corrected chi connectivity index (χ2v) is 4.73. The van der Waals surface area contributed by atoms with Crippen molar-refractivity contribution in [3.8, 4) is 5.75 Å². The number of benzene rings is 1. The largest absolute Gasteiger partial charge is 0.495 e. The van der Waals surface area contributed by atoms with Crippen LogP contribution in [0.4, 0.5) is 11.4 Å². The van der Waals surface area contributed by atoms with Crippen LogP contribution in [0.25, 0.3) is 0 Å². The van der Waals surface area contributed by atoms with Crippen molar-refractivity contribution in [3.05, 3.63) is 18.2 Å². The zero-order valence-corrected chi connectivity index (χ0v) is 10.4. The molecule has 0 aromatic heterocycles. The van der Waals surface area contributed by atoms with Crippen molar-refractivity contribution in [2.45, 2.75) is 19.9 Å². The van der Waals surface area contributed by atoms with Gasteiger partial charge in [-0.05, 0) is 18.1 Å². The van der Waals surface area contributed by atoms with E-state index >= 15 is 0 Å². The molecule has 0 fully saturated rings. The Morgan fingerprint density at radius 3 is 2.81 bits per heavy atom. The van der Waals surface area contributed by atoms with Gasteiger partial charge >= 0.3 is 0 Å². The molecule has 1 unspecified atom stereocenters. The summed E-state index contributed by atoms with van der Waals surface area (Å²) < 4.78 is 5.40.